The average molecular weight is 269 g/mol. The van der Waals surface area contributed by atoms with Gasteiger partial charge in [-0.2, -0.15) is 0 Å². The SMILES string of the molecule is CCC(CCN)CCC(=O)Nc1cccc(Cl)c1. The van der Waals surface area contributed by atoms with Crippen LogP contribution in [-0.4, -0.2) is 12.5 Å². The first-order chi connectivity index (χ1) is 8.65. The van der Waals surface area contributed by atoms with Gasteiger partial charge in [-0.25, -0.2) is 0 Å². The number of amides is 1. The summed E-state index contributed by atoms with van der Waals surface area (Å²) in [6, 6.07) is 7.18. The Labute approximate surface area is 114 Å². The second kappa shape index (κ2) is 8.11. The molecule has 3 nitrogen and oxygen atoms in total. The van der Waals surface area contributed by atoms with E-state index in [4.69, 9.17) is 17.3 Å². The zero-order valence-corrected chi connectivity index (χ0v) is 11.5. The third-order valence-corrected chi connectivity index (χ3v) is 3.28. The summed E-state index contributed by atoms with van der Waals surface area (Å²) in [5.74, 6) is 0.577. The normalized spacial score (nSPS) is 12.2. The lowest BCUT2D eigenvalue weighted by Crippen LogP contribution is -2.15. The molecule has 0 aliphatic heterocycles. The van der Waals surface area contributed by atoms with Crippen LogP contribution in [0.2, 0.25) is 5.02 Å². The summed E-state index contributed by atoms with van der Waals surface area (Å²) < 4.78 is 0. The molecule has 0 fully saturated rings. The predicted molar refractivity (Wildman–Crippen MR) is 76.8 cm³/mol. The van der Waals surface area contributed by atoms with Gasteiger partial charge in [-0.1, -0.05) is 31.0 Å². The van der Waals surface area contributed by atoms with E-state index in [0.29, 0.717) is 23.9 Å². The molecule has 1 rings (SSSR count). The molecule has 18 heavy (non-hydrogen) atoms. The first kappa shape index (κ1) is 15.0. The summed E-state index contributed by atoms with van der Waals surface area (Å²) in [7, 11) is 0. The molecule has 0 bridgehead atoms. The molecule has 0 aliphatic carbocycles. The van der Waals surface area contributed by atoms with Gasteiger partial charge in [0.05, 0.1) is 0 Å². The highest BCUT2D eigenvalue weighted by molar-refractivity contribution is 6.30. The number of halogens is 1. The quantitative estimate of drug-likeness (QED) is 0.796. The maximum atomic E-state index is 11.8. The molecule has 1 amide bonds. The van der Waals surface area contributed by atoms with Crippen molar-refractivity contribution in [2.45, 2.75) is 32.6 Å². The Morgan fingerprint density at radius 3 is 2.83 bits per heavy atom. The van der Waals surface area contributed by atoms with Crippen molar-refractivity contribution in [1.29, 1.82) is 0 Å². The lowest BCUT2D eigenvalue weighted by atomic mass is 9.96. The smallest absolute Gasteiger partial charge is 0.224 e. The van der Waals surface area contributed by atoms with Crippen molar-refractivity contribution in [2.24, 2.45) is 11.7 Å². The van der Waals surface area contributed by atoms with E-state index in [9.17, 15) is 4.79 Å². The summed E-state index contributed by atoms with van der Waals surface area (Å²) in [4.78, 5) is 11.8. The molecule has 1 unspecified atom stereocenters. The molecule has 0 radical (unpaired) electrons. The maximum Gasteiger partial charge on any atom is 0.224 e. The molecule has 1 atom stereocenters. The van der Waals surface area contributed by atoms with E-state index in [2.05, 4.69) is 12.2 Å². The van der Waals surface area contributed by atoms with E-state index < -0.39 is 0 Å². The minimum atomic E-state index is 0.0349. The molecular weight excluding hydrogens is 248 g/mol. The van der Waals surface area contributed by atoms with Crippen LogP contribution in [0.3, 0.4) is 0 Å². The highest BCUT2D eigenvalue weighted by Gasteiger charge is 2.09. The van der Waals surface area contributed by atoms with Crippen LogP contribution in [0, 0.1) is 5.92 Å². The van der Waals surface area contributed by atoms with E-state index in [-0.39, 0.29) is 5.91 Å². The molecule has 4 heteroatoms. The van der Waals surface area contributed by atoms with Gasteiger partial charge in [0.15, 0.2) is 0 Å². The van der Waals surface area contributed by atoms with Gasteiger partial charge in [-0.15, -0.1) is 0 Å². The Hall–Kier alpha value is -1.06. The van der Waals surface area contributed by atoms with Crippen LogP contribution in [0.5, 0.6) is 0 Å². The highest BCUT2D eigenvalue weighted by atomic mass is 35.5. The Bertz CT molecular complexity index is 382. The fourth-order valence-corrected chi connectivity index (χ4v) is 2.10. The molecule has 0 aromatic heterocycles. The summed E-state index contributed by atoms with van der Waals surface area (Å²) >= 11 is 5.85. The molecule has 1 aromatic carbocycles. The minimum absolute atomic E-state index is 0.0349. The van der Waals surface area contributed by atoms with E-state index in [0.717, 1.165) is 24.9 Å². The largest absolute Gasteiger partial charge is 0.330 e. The Morgan fingerprint density at radius 1 is 1.44 bits per heavy atom. The lowest BCUT2D eigenvalue weighted by Gasteiger charge is -2.13. The van der Waals surface area contributed by atoms with Crippen LogP contribution in [0.4, 0.5) is 5.69 Å². The van der Waals surface area contributed by atoms with E-state index in [1.807, 2.05) is 12.1 Å². The molecule has 1 aromatic rings. The van der Waals surface area contributed by atoms with Crippen molar-refractivity contribution >= 4 is 23.2 Å². The van der Waals surface area contributed by atoms with Gasteiger partial charge in [0.2, 0.25) is 5.91 Å². The molecule has 0 aliphatic rings. The number of carbonyl (C=O) groups is 1. The van der Waals surface area contributed by atoms with Crippen molar-refractivity contribution in [3.8, 4) is 0 Å². The van der Waals surface area contributed by atoms with Crippen LogP contribution in [0.1, 0.15) is 32.6 Å². The predicted octanol–water partition coefficient (Wildman–Crippen LogP) is 3.43. The fraction of sp³-hybridized carbons (Fsp3) is 0.500. The number of nitrogens with one attached hydrogen (secondary N) is 1. The van der Waals surface area contributed by atoms with Crippen LogP contribution < -0.4 is 11.1 Å². The van der Waals surface area contributed by atoms with Crippen molar-refractivity contribution in [2.75, 3.05) is 11.9 Å². The Kier molecular flexibility index (Phi) is 6.76. The zero-order chi connectivity index (χ0) is 13.4. The molecule has 3 N–H and O–H groups in total. The number of rotatable bonds is 7. The van der Waals surface area contributed by atoms with Gasteiger partial charge >= 0.3 is 0 Å². The summed E-state index contributed by atoms with van der Waals surface area (Å²) in [6.45, 7) is 2.82. The Morgan fingerprint density at radius 2 is 2.22 bits per heavy atom. The summed E-state index contributed by atoms with van der Waals surface area (Å²) in [5.41, 5.74) is 6.29. The van der Waals surface area contributed by atoms with E-state index in [1.165, 1.54) is 0 Å². The van der Waals surface area contributed by atoms with Gasteiger partial charge in [-0.3, -0.25) is 4.79 Å². The number of anilines is 1. The molecule has 100 valence electrons. The number of carbonyl (C=O) groups excluding carboxylic acids is 1. The molecule has 0 spiro atoms. The summed E-state index contributed by atoms with van der Waals surface area (Å²) in [6.07, 6.45) is 3.48. The van der Waals surface area contributed by atoms with E-state index in [1.54, 1.807) is 12.1 Å². The van der Waals surface area contributed by atoms with Crippen LogP contribution in [0.25, 0.3) is 0 Å². The van der Waals surface area contributed by atoms with Gasteiger partial charge in [0.25, 0.3) is 0 Å². The Balaban J connectivity index is 2.37. The maximum absolute atomic E-state index is 11.8. The van der Waals surface area contributed by atoms with Crippen LogP contribution in [0.15, 0.2) is 24.3 Å². The summed E-state index contributed by atoms with van der Waals surface area (Å²) in [5, 5.41) is 3.48. The standard InChI is InChI=1S/C14H21ClN2O/c1-2-11(8-9-16)6-7-14(18)17-13-5-3-4-12(15)10-13/h3-5,10-11H,2,6-9,16H2,1H3,(H,17,18). The van der Waals surface area contributed by atoms with Gasteiger partial charge in [0.1, 0.15) is 0 Å². The molecule has 0 heterocycles. The van der Waals surface area contributed by atoms with Crippen molar-refractivity contribution in [3.63, 3.8) is 0 Å². The molecule has 0 saturated heterocycles. The van der Waals surface area contributed by atoms with Crippen LogP contribution >= 0.6 is 11.6 Å². The average Bonchev–Trinajstić information content (AvgIpc) is 2.34. The number of hydrogen-bond donors (Lipinski definition) is 2. The van der Waals surface area contributed by atoms with E-state index >= 15 is 0 Å². The molecule has 0 saturated carbocycles. The third-order valence-electron chi connectivity index (χ3n) is 3.04. The van der Waals surface area contributed by atoms with Gasteiger partial charge in [0, 0.05) is 17.1 Å². The second-order valence-electron chi connectivity index (χ2n) is 4.45. The van der Waals surface area contributed by atoms with Crippen LogP contribution in [-0.2, 0) is 4.79 Å². The number of nitrogens with two attached hydrogens (primary N) is 1. The molecular formula is C14H21ClN2O. The van der Waals surface area contributed by atoms with Gasteiger partial charge < -0.3 is 11.1 Å². The fourth-order valence-electron chi connectivity index (χ4n) is 1.91. The lowest BCUT2D eigenvalue weighted by molar-refractivity contribution is -0.116. The zero-order valence-electron chi connectivity index (χ0n) is 10.8. The van der Waals surface area contributed by atoms with Crippen molar-refractivity contribution < 1.29 is 4.79 Å². The first-order valence-electron chi connectivity index (χ1n) is 6.41. The van der Waals surface area contributed by atoms with Gasteiger partial charge in [-0.05, 0) is 43.5 Å². The number of hydrogen-bond acceptors (Lipinski definition) is 2. The second-order valence-corrected chi connectivity index (χ2v) is 4.89. The topological polar surface area (TPSA) is 55.1 Å². The highest BCUT2D eigenvalue weighted by Crippen LogP contribution is 2.17. The van der Waals surface area contributed by atoms with Crippen molar-refractivity contribution in [3.05, 3.63) is 29.3 Å². The first-order valence-corrected chi connectivity index (χ1v) is 6.79. The number of benzene rings is 1. The minimum Gasteiger partial charge on any atom is -0.330 e. The van der Waals surface area contributed by atoms with Crippen molar-refractivity contribution in [1.82, 2.24) is 0 Å². The monoisotopic (exact) mass is 268 g/mol. The third kappa shape index (κ3) is 5.52.